The Balaban J connectivity index is 2.42. The maximum atomic E-state index is 2.45. The van der Waals surface area contributed by atoms with Crippen LogP contribution in [-0.2, 0) is 0 Å². The van der Waals surface area contributed by atoms with E-state index in [-0.39, 0.29) is 0 Å². The Bertz CT molecular complexity index is 140. The Labute approximate surface area is 36.9 Å². The molecular formula is C6H6. The molecule has 0 heterocycles. The maximum Gasteiger partial charge on any atom is -0.00997 e. The standard InChI is InChI=1S/C6H6/c1-3-2-5-4(1)6(3)5/h1,4-6H,2H2. The average Bonchev–Trinajstić information content (AvgIpc) is 2.03. The number of fused-ring (bicyclic) bond motifs is 1. The van der Waals surface area contributed by atoms with E-state index in [0.717, 1.165) is 11.8 Å². The van der Waals surface area contributed by atoms with Crippen LogP contribution in [0.2, 0.25) is 0 Å². The highest BCUT2D eigenvalue weighted by Gasteiger charge is 2.65. The summed E-state index contributed by atoms with van der Waals surface area (Å²) < 4.78 is 0. The lowest BCUT2D eigenvalue weighted by Gasteiger charge is -2.15. The Morgan fingerprint density at radius 2 is 2.67 bits per heavy atom. The van der Waals surface area contributed by atoms with Crippen molar-refractivity contribution in [3.63, 3.8) is 0 Å². The Morgan fingerprint density at radius 1 is 1.67 bits per heavy atom. The van der Waals surface area contributed by atoms with Crippen LogP contribution in [0.4, 0.5) is 0 Å². The van der Waals surface area contributed by atoms with Gasteiger partial charge in [0.1, 0.15) is 0 Å². The van der Waals surface area contributed by atoms with Gasteiger partial charge in [0.25, 0.3) is 0 Å². The van der Waals surface area contributed by atoms with Crippen molar-refractivity contribution in [2.45, 2.75) is 6.42 Å². The minimum absolute atomic E-state index is 1.11. The lowest BCUT2D eigenvalue weighted by atomic mass is 9.90. The molecule has 0 spiro atoms. The zero-order valence-electron chi connectivity index (χ0n) is 3.52. The molecule has 3 unspecified atom stereocenters. The molecule has 30 valence electrons. The highest BCUT2D eigenvalue weighted by Crippen LogP contribution is 2.73. The predicted molar refractivity (Wildman–Crippen MR) is 23.2 cm³/mol. The van der Waals surface area contributed by atoms with Crippen molar-refractivity contribution >= 4 is 0 Å². The summed E-state index contributed by atoms with van der Waals surface area (Å²) in [5.41, 5.74) is 1.78. The lowest BCUT2D eigenvalue weighted by Crippen LogP contribution is -2.03. The van der Waals surface area contributed by atoms with Crippen LogP contribution in [0.1, 0.15) is 6.42 Å². The van der Waals surface area contributed by atoms with E-state index in [4.69, 9.17) is 0 Å². The molecule has 0 radical (unpaired) electrons. The highest BCUT2D eigenvalue weighted by molar-refractivity contribution is 5.45. The number of hydrogen-bond acceptors (Lipinski definition) is 0. The first kappa shape index (κ1) is 2.15. The number of allylic oxidation sites excluding steroid dienone is 2. The second-order valence-corrected chi connectivity index (χ2v) is 2.71. The third kappa shape index (κ3) is 0.0594. The summed E-state index contributed by atoms with van der Waals surface area (Å²) in [5.74, 6) is 3.45. The van der Waals surface area contributed by atoms with Crippen molar-refractivity contribution in [1.29, 1.82) is 0 Å². The SMILES string of the molecule is C1=C2CC3C1C23. The first-order valence-electron chi connectivity index (χ1n) is 2.67. The molecule has 3 aliphatic carbocycles. The fraction of sp³-hybridized carbons (Fsp3) is 0.667. The third-order valence-electron chi connectivity index (χ3n) is 2.54. The van der Waals surface area contributed by atoms with Crippen LogP contribution in [0.25, 0.3) is 0 Å². The fourth-order valence-corrected chi connectivity index (χ4v) is 1.97. The second kappa shape index (κ2) is 0.351. The van der Waals surface area contributed by atoms with Crippen molar-refractivity contribution in [2.75, 3.05) is 0 Å². The van der Waals surface area contributed by atoms with Gasteiger partial charge in [-0.2, -0.15) is 0 Å². The average molecular weight is 78.1 g/mol. The summed E-state index contributed by atoms with van der Waals surface area (Å²) in [6.07, 6.45) is 3.94. The van der Waals surface area contributed by atoms with Crippen LogP contribution in [-0.4, -0.2) is 0 Å². The van der Waals surface area contributed by atoms with Crippen molar-refractivity contribution in [1.82, 2.24) is 0 Å². The lowest BCUT2D eigenvalue weighted by molar-refractivity contribution is 0.622. The van der Waals surface area contributed by atoms with E-state index in [0.29, 0.717) is 0 Å². The van der Waals surface area contributed by atoms with Gasteiger partial charge in [-0.1, -0.05) is 11.6 Å². The molecule has 0 aromatic carbocycles. The van der Waals surface area contributed by atoms with Gasteiger partial charge in [0.05, 0.1) is 0 Å². The topological polar surface area (TPSA) is 0 Å². The molecule has 0 aromatic heterocycles. The summed E-state index contributed by atoms with van der Waals surface area (Å²) in [4.78, 5) is 0. The van der Waals surface area contributed by atoms with Crippen LogP contribution in [0.5, 0.6) is 0 Å². The molecule has 0 bridgehead atoms. The summed E-state index contributed by atoms with van der Waals surface area (Å²) >= 11 is 0. The van der Waals surface area contributed by atoms with Crippen LogP contribution >= 0.6 is 0 Å². The molecule has 0 heteroatoms. The van der Waals surface area contributed by atoms with Crippen LogP contribution in [0.15, 0.2) is 11.6 Å². The highest BCUT2D eigenvalue weighted by atomic mass is 14.7. The molecular weight excluding hydrogens is 72.1 g/mol. The van der Waals surface area contributed by atoms with Gasteiger partial charge >= 0.3 is 0 Å². The molecule has 3 rings (SSSR count). The van der Waals surface area contributed by atoms with Crippen molar-refractivity contribution in [3.05, 3.63) is 11.6 Å². The van der Waals surface area contributed by atoms with Crippen LogP contribution in [0.3, 0.4) is 0 Å². The maximum absolute atomic E-state index is 2.45. The van der Waals surface area contributed by atoms with Crippen molar-refractivity contribution in [2.24, 2.45) is 17.8 Å². The van der Waals surface area contributed by atoms with E-state index in [9.17, 15) is 0 Å². The Hall–Kier alpha value is -0.260. The minimum atomic E-state index is 1.11. The molecule has 0 N–H and O–H groups in total. The van der Waals surface area contributed by atoms with E-state index in [2.05, 4.69) is 6.08 Å². The summed E-state index contributed by atoms with van der Waals surface area (Å²) in [7, 11) is 0. The molecule has 0 nitrogen and oxygen atoms in total. The van der Waals surface area contributed by atoms with Gasteiger partial charge in [-0.05, 0) is 24.2 Å². The summed E-state index contributed by atoms with van der Waals surface area (Å²) in [6.45, 7) is 0. The fourth-order valence-electron chi connectivity index (χ4n) is 1.97. The Morgan fingerprint density at radius 3 is 2.67 bits per heavy atom. The zero-order valence-corrected chi connectivity index (χ0v) is 3.52. The molecule has 2 saturated carbocycles. The van der Waals surface area contributed by atoms with Gasteiger partial charge in [-0.3, -0.25) is 0 Å². The Kier molecular flexibility index (Phi) is 0.126. The molecule has 0 amide bonds. The molecule has 0 aromatic rings. The molecule has 0 saturated heterocycles. The van der Waals surface area contributed by atoms with E-state index < -0.39 is 0 Å². The number of rotatable bonds is 0. The van der Waals surface area contributed by atoms with Gasteiger partial charge in [-0.25, -0.2) is 0 Å². The minimum Gasteiger partial charge on any atom is -0.0810 e. The smallest absolute Gasteiger partial charge is 0.00997 e. The van der Waals surface area contributed by atoms with E-state index in [1.54, 1.807) is 5.57 Å². The van der Waals surface area contributed by atoms with Crippen LogP contribution in [0, 0.1) is 17.8 Å². The van der Waals surface area contributed by atoms with Gasteiger partial charge in [0.2, 0.25) is 0 Å². The predicted octanol–water partition coefficient (Wildman–Crippen LogP) is 1.19. The van der Waals surface area contributed by atoms with E-state index >= 15 is 0 Å². The molecule has 0 aliphatic heterocycles. The second-order valence-electron chi connectivity index (χ2n) is 2.71. The largest absolute Gasteiger partial charge is 0.0810 e. The first-order valence-corrected chi connectivity index (χ1v) is 2.67. The van der Waals surface area contributed by atoms with Gasteiger partial charge < -0.3 is 0 Å². The first-order chi connectivity index (χ1) is 2.97. The quantitative estimate of drug-likeness (QED) is 0.382. The van der Waals surface area contributed by atoms with E-state index in [1.165, 1.54) is 12.3 Å². The third-order valence-corrected chi connectivity index (χ3v) is 2.54. The van der Waals surface area contributed by atoms with Gasteiger partial charge in [-0.15, -0.1) is 0 Å². The molecule has 3 atom stereocenters. The van der Waals surface area contributed by atoms with Crippen LogP contribution < -0.4 is 0 Å². The van der Waals surface area contributed by atoms with Crippen molar-refractivity contribution in [3.8, 4) is 0 Å². The summed E-state index contributed by atoms with van der Waals surface area (Å²) in [6, 6.07) is 0. The molecule has 3 aliphatic rings. The monoisotopic (exact) mass is 78.0 g/mol. The zero-order chi connectivity index (χ0) is 3.72. The van der Waals surface area contributed by atoms with E-state index in [1.807, 2.05) is 0 Å². The molecule has 2 fully saturated rings. The molecule has 6 heavy (non-hydrogen) atoms. The van der Waals surface area contributed by atoms with Crippen molar-refractivity contribution < 1.29 is 0 Å². The van der Waals surface area contributed by atoms with Gasteiger partial charge in [0.15, 0.2) is 0 Å². The number of hydrogen-bond donors (Lipinski definition) is 0. The summed E-state index contributed by atoms with van der Waals surface area (Å²) in [5, 5.41) is 0. The van der Waals surface area contributed by atoms with Gasteiger partial charge in [0, 0.05) is 0 Å². The normalized spacial score (nSPS) is 66.7.